The number of carbonyl (C=O) groups is 1. The second kappa shape index (κ2) is 10.3. The fraction of sp³-hybridized carbons (Fsp3) is 0.450. The number of ether oxygens (including phenoxy) is 1. The van der Waals surface area contributed by atoms with Crippen molar-refractivity contribution < 1.29 is 13.9 Å². The van der Waals surface area contributed by atoms with E-state index in [-0.39, 0.29) is 18.2 Å². The van der Waals surface area contributed by atoms with Crippen molar-refractivity contribution in [2.45, 2.75) is 39.2 Å². The van der Waals surface area contributed by atoms with Crippen molar-refractivity contribution in [1.82, 2.24) is 9.88 Å². The van der Waals surface area contributed by atoms with Crippen molar-refractivity contribution in [3.8, 4) is 0 Å². The molecule has 1 aromatic heterocycles. The highest BCUT2D eigenvalue weighted by atomic mass is 32.1. The first-order valence-corrected chi connectivity index (χ1v) is 10.4. The molecule has 1 aromatic carbocycles. The quantitative estimate of drug-likeness (QED) is 0.412. The van der Waals surface area contributed by atoms with Gasteiger partial charge >= 0.3 is 5.97 Å². The number of carbonyl (C=O) groups excluding carboxylic acids is 1. The predicted molar refractivity (Wildman–Crippen MR) is 109 cm³/mol. The summed E-state index contributed by atoms with van der Waals surface area (Å²) in [4.78, 5) is 18.2. The number of thiazole rings is 1. The normalized spacial score (nSPS) is 15.1. The van der Waals surface area contributed by atoms with E-state index in [4.69, 9.17) is 4.74 Å². The van der Waals surface area contributed by atoms with Gasteiger partial charge in [0.05, 0.1) is 24.9 Å². The van der Waals surface area contributed by atoms with Crippen LogP contribution in [0.1, 0.15) is 43.0 Å². The molecule has 1 fully saturated rings. The summed E-state index contributed by atoms with van der Waals surface area (Å²) in [7, 11) is 0. The van der Waals surface area contributed by atoms with Gasteiger partial charge in [-0.05, 0) is 56.1 Å². The standard InChI is InChI=1S/C20H25FN4O2S/c1-2-27-19(26)11-18-14-28-20(23-18)24-22-12-15-6-7-17(21)10-16(15)13-25-8-4-3-5-9-25/h6-7,10,12,14H,2-5,8-9,11,13H2,1H3,(H,23,24). The lowest BCUT2D eigenvalue weighted by molar-refractivity contribution is -0.142. The monoisotopic (exact) mass is 404 g/mol. The fourth-order valence-electron chi connectivity index (χ4n) is 3.15. The number of nitrogens with one attached hydrogen (secondary N) is 1. The minimum Gasteiger partial charge on any atom is -0.466 e. The molecule has 1 saturated heterocycles. The molecule has 0 radical (unpaired) electrons. The maximum atomic E-state index is 13.7. The molecule has 3 rings (SSSR count). The number of rotatable bonds is 8. The van der Waals surface area contributed by atoms with E-state index >= 15 is 0 Å². The smallest absolute Gasteiger partial charge is 0.311 e. The fourth-order valence-corrected chi connectivity index (χ4v) is 3.81. The van der Waals surface area contributed by atoms with E-state index in [2.05, 4.69) is 20.4 Å². The third kappa shape index (κ3) is 6.10. The molecule has 1 aliphatic rings. The Labute approximate surface area is 168 Å². The molecule has 1 aliphatic heterocycles. The van der Waals surface area contributed by atoms with Crippen LogP contribution in [0.4, 0.5) is 9.52 Å². The Balaban J connectivity index is 1.61. The molecule has 150 valence electrons. The Hall–Kier alpha value is -2.32. The van der Waals surface area contributed by atoms with Gasteiger partial charge in [-0.25, -0.2) is 9.37 Å². The first-order valence-electron chi connectivity index (χ1n) is 9.54. The number of benzene rings is 1. The summed E-state index contributed by atoms with van der Waals surface area (Å²) >= 11 is 1.37. The highest BCUT2D eigenvalue weighted by molar-refractivity contribution is 7.13. The van der Waals surface area contributed by atoms with E-state index in [0.29, 0.717) is 17.4 Å². The van der Waals surface area contributed by atoms with Crippen molar-refractivity contribution in [3.05, 3.63) is 46.2 Å². The molecule has 2 heterocycles. The van der Waals surface area contributed by atoms with Crippen LogP contribution in [0.15, 0.2) is 28.7 Å². The Morgan fingerprint density at radius 3 is 3.00 bits per heavy atom. The summed E-state index contributed by atoms with van der Waals surface area (Å²) in [6, 6.07) is 4.77. The van der Waals surface area contributed by atoms with Crippen LogP contribution in [0.25, 0.3) is 0 Å². The molecule has 0 saturated carbocycles. The number of halogens is 1. The van der Waals surface area contributed by atoms with Crippen molar-refractivity contribution in [3.63, 3.8) is 0 Å². The highest BCUT2D eigenvalue weighted by Gasteiger charge is 2.13. The number of piperidine rings is 1. The molecule has 1 N–H and O–H groups in total. The Bertz CT molecular complexity index is 818. The molecule has 0 amide bonds. The van der Waals surface area contributed by atoms with Crippen LogP contribution in [0.3, 0.4) is 0 Å². The molecule has 8 heteroatoms. The SMILES string of the molecule is CCOC(=O)Cc1csc(NN=Cc2ccc(F)cc2CN2CCCCC2)n1. The highest BCUT2D eigenvalue weighted by Crippen LogP contribution is 2.18. The zero-order valence-corrected chi connectivity index (χ0v) is 16.8. The van der Waals surface area contributed by atoms with Crippen LogP contribution in [0.2, 0.25) is 0 Å². The van der Waals surface area contributed by atoms with Gasteiger partial charge < -0.3 is 4.74 Å². The minimum atomic E-state index is -0.295. The number of hydrogen-bond donors (Lipinski definition) is 1. The van der Waals surface area contributed by atoms with E-state index in [1.807, 2.05) is 0 Å². The van der Waals surface area contributed by atoms with Gasteiger partial charge in [0.1, 0.15) is 5.82 Å². The first-order chi connectivity index (χ1) is 13.6. The Morgan fingerprint density at radius 2 is 2.21 bits per heavy atom. The second-order valence-electron chi connectivity index (χ2n) is 6.68. The van der Waals surface area contributed by atoms with E-state index in [1.165, 1.54) is 36.7 Å². The number of anilines is 1. The third-order valence-electron chi connectivity index (χ3n) is 4.49. The van der Waals surface area contributed by atoms with Crippen LogP contribution in [0, 0.1) is 5.82 Å². The molecule has 2 aromatic rings. The zero-order valence-electron chi connectivity index (χ0n) is 16.0. The average molecular weight is 405 g/mol. The van der Waals surface area contributed by atoms with Crippen molar-refractivity contribution in [2.24, 2.45) is 5.10 Å². The number of likely N-dealkylation sites (tertiary alicyclic amines) is 1. The average Bonchev–Trinajstić information content (AvgIpc) is 3.11. The number of aromatic nitrogens is 1. The van der Waals surface area contributed by atoms with Crippen LogP contribution in [-0.2, 0) is 22.5 Å². The summed E-state index contributed by atoms with van der Waals surface area (Å²) in [6.45, 7) is 4.95. The molecule has 0 bridgehead atoms. The summed E-state index contributed by atoms with van der Waals surface area (Å²) in [5, 5.41) is 6.63. The lowest BCUT2D eigenvalue weighted by Gasteiger charge is -2.27. The van der Waals surface area contributed by atoms with Gasteiger partial charge in [0, 0.05) is 11.9 Å². The van der Waals surface area contributed by atoms with Gasteiger partial charge in [0.25, 0.3) is 0 Å². The number of esters is 1. The van der Waals surface area contributed by atoms with Crippen LogP contribution < -0.4 is 5.43 Å². The van der Waals surface area contributed by atoms with Gasteiger partial charge in [-0.15, -0.1) is 11.3 Å². The molecular weight excluding hydrogens is 379 g/mol. The van der Waals surface area contributed by atoms with Gasteiger partial charge in [0.2, 0.25) is 5.13 Å². The Kier molecular flexibility index (Phi) is 7.50. The van der Waals surface area contributed by atoms with E-state index in [0.717, 1.165) is 30.8 Å². The Morgan fingerprint density at radius 1 is 1.39 bits per heavy atom. The largest absolute Gasteiger partial charge is 0.466 e. The summed E-state index contributed by atoms with van der Waals surface area (Å²) in [5.41, 5.74) is 5.33. The van der Waals surface area contributed by atoms with Gasteiger partial charge in [-0.3, -0.25) is 15.1 Å². The molecule has 28 heavy (non-hydrogen) atoms. The van der Waals surface area contributed by atoms with Crippen molar-refractivity contribution >= 4 is 28.7 Å². The second-order valence-corrected chi connectivity index (χ2v) is 7.53. The molecule has 6 nitrogen and oxygen atoms in total. The number of hydrogen-bond acceptors (Lipinski definition) is 7. The third-order valence-corrected chi connectivity index (χ3v) is 5.29. The minimum absolute atomic E-state index is 0.147. The predicted octanol–water partition coefficient (Wildman–Crippen LogP) is 3.82. The number of nitrogens with zero attached hydrogens (tertiary/aromatic N) is 3. The van der Waals surface area contributed by atoms with E-state index < -0.39 is 0 Å². The lowest BCUT2D eigenvalue weighted by atomic mass is 10.1. The lowest BCUT2D eigenvalue weighted by Crippen LogP contribution is -2.29. The summed E-state index contributed by atoms with van der Waals surface area (Å²) in [6.07, 6.45) is 5.49. The van der Waals surface area contributed by atoms with Gasteiger partial charge in [-0.1, -0.05) is 12.5 Å². The summed E-state index contributed by atoms with van der Waals surface area (Å²) in [5.74, 6) is -0.530. The van der Waals surface area contributed by atoms with Crippen LogP contribution >= 0.6 is 11.3 Å². The topological polar surface area (TPSA) is 66.8 Å². The van der Waals surface area contributed by atoms with Crippen molar-refractivity contribution in [2.75, 3.05) is 25.1 Å². The van der Waals surface area contributed by atoms with Crippen molar-refractivity contribution in [1.29, 1.82) is 0 Å². The molecule has 0 spiro atoms. The van der Waals surface area contributed by atoms with E-state index in [1.54, 1.807) is 30.7 Å². The molecule has 0 aliphatic carbocycles. The molecule has 0 unspecified atom stereocenters. The maximum Gasteiger partial charge on any atom is 0.311 e. The maximum absolute atomic E-state index is 13.7. The van der Waals surface area contributed by atoms with Gasteiger partial charge in [-0.2, -0.15) is 5.10 Å². The van der Waals surface area contributed by atoms with E-state index in [9.17, 15) is 9.18 Å². The first kappa shape index (κ1) is 20.4. The molecular formula is C20H25FN4O2S. The van der Waals surface area contributed by atoms with Crippen LogP contribution in [0.5, 0.6) is 0 Å². The summed E-state index contributed by atoms with van der Waals surface area (Å²) < 4.78 is 18.6. The van der Waals surface area contributed by atoms with Crippen LogP contribution in [-0.4, -0.2) is 41.8 Å². The number of hydrazone groups is 1. The van der Waals surface area contributed by atoms with Gasteiger partial charge in [0.15, 0.2) is 0 Å². The zero-order chi connectivity index (χ0) is 19.8. The molecule has 0 atom stereocenters.